The highest BCUT2D eigenvalue weighted by Gasteiger charge is 2.23. The summed E-state index contributed by atoms with van der Waals surface area (Å²) in [6.07, 6.45) is -0.327. The van der Waals surface area contributed by atoms with E-state index in [1.165, 1.54) is 0 Å². The minimum Gasteiger partial charge on any atom is -0.447 e. The van der Waals surface area contributed by atoms with Crippen molar-refractivity contribution in [3.05, 3.63) is 46.6 Å². The predicted octanol–water partition coefficient (Wildman–Crippen LogP) is 2.53. The zero-order valence-corrected chi connectivity index (χ0v) is 13.5. The van der Waals surface area contributed by atoms with Crippen LogP contribution in [0, 0.1) is 25.2 Å². The first-order valence-corrected chi connectivity index (χ1v) is 7.61. The zero-order valence-electron chi connectivity index (χ0n) is 13.5. The number of aryl methyl sites for hydroxylation is 1. The number of rotatable bonds is 4. The van der Waals surface area contributed by atoms with Gasteiger partial charge in [0.25, 0.3) is 0 Å². The molecule has 24 heavy (non-hydrogen) atoms. The summed E-state index contributed by atoms with van der Waals surface area (Å²) < 4.78 is 4.96. The third kappa shape index (κ3) is 2.99. The van der Waals surface area contributed by atoms with Gasteiger partial charge in [0, 0.05) is 12.2 Å². The molecule has 1 aliphatic rings. The SMILES string of the molecule is Cc1nnc(NCc2cccc(N3CCOC3=O)c2)c(C#N)c1C. The summed E-state index contributed by atoms with van der Waals surface area (Å²) in [5.41, 5.74) is 3.83. The number of aromatic nitrogens is 2. The summed E-state index contributed by atoms with van der Waals surface area (Å²) >= 11 is 0. The fourth-order valence-electron chi connectivity index (χ4n) is 2.52. The van der Waals surface area contributed by atoms with Crippen LogP contribution in [0.3, 0.4) is 0 Å². The summed E-state index contributed by atoms with van der Waals surface area (Å²) in [4.78, 5) is 13.2. The van der Waals surface area contributed by atoms with Crippen molar-refractivity contribution in [1.82, 2.24) is 10.2 Å². The molecule has 3 rings (SSSR count). The molecular weight excluding hydrogens is 306 g/mol. The average molecular weight is 323 g/mol. The number of nitrogens with one attached hydrogen (secondary N) is 1. The average Bonchev–Trinajstić information content (AvgIpc) is 3.02. The minimum absolute atomic E-state index is 0.327. The van der Waals surface area contributed by atoms with E-state index in [0.717, 1.165) is 22.5 Å². The van der Waals surface area contributed by atoms with E-state index in [1.54, 1.807) is 4.90 Å². The van der Waals surface area contributed by atoms with Crippen LogP contribution in [0.5, 0.6) is 0 Å². The highest BCUT2D eigenvalue weighted by Crippen LogP contribution is 2.22. The van der Waals surface area contributed by atoms with Gasteiger partial charge in [-0.15, -0.1) is 5.10 Å². The van der Waals surface area contributed by atoms with Crippen LogP contribution in [0.15, 0.2) is 24.3 Å². The Hall–Kier alpha value is -3.14. The van der Waals surface area contributed by atoms with Gasteiger partial charge in [-0.3, -0.25) is 4.90 Å². The molecule has 0 spiro atoms. The number of hydrogen-bond donors (Lipinski definition) is 1. The second kappa shape index (κ2) is 6.54. The van der Waals surface area contributed by atoms with Crippen LogP contribution >= 0.6 is 0 Å². The molecule has 1 saturated heterocycles. The molecule has 1 aromatic carbocycles. The molecule has 2 heterocycles. The van der Waals surface area contributed by atoms with Crippen LogP contribution in [0.1, 0.15) is 22.4 Å². The third-order valence-corrected chi connectivity index (χ3v) is 4.01. The molecule has 0 saturated carbocycles. The van der Waals surface area contributed by atoms with E-state index in [-0.39, 0.29) is 6.09 Å². The molecule has 1 aromatic heterocycles. The second-order valence-electron chi connectivity index (χ2n) is 5.54. The molecular formula is C17H17N5O2. The Kier molecular flexibility index (Phi) is 4.29. The van der Waals surface area contributed by atoms with Gasteiger partial charge in [-0.2, -0.15) is 10.4 Å². The second-order valence-corrected chi connectivity index (χ2v) is 5.54. The Morgan fingerprint density at radius 2 is 2.21 bits per heavy atom. The van der Waals surface area contributed by atoms with Crippen LogP contribution < -0.4 is 10.2 Å². The number of benzene rings is 1. The molecule has 1 amide bonds. The summed E-state index contributed by atoms with van der Waals surface area (Å²) in [5, 5.41) is 20.6. The molecule has 0 aliphatic carbocycles. The van der Waals surface area contributed by atoms with Crippen molar-refractivity contribution in [2.24, 2.45) is 0 Å². The van der Waals surface area contributed by atoms with Gasteiger partial charge in [0.1, 0.15) is 18.2 Å². The summed E-state index contributed by atoms with van der Waals surface area (Å²) in [7, 11) is 0. The Morgan fingerprint density at radius 3 is 2.92 bits per heavy atom. The van der Waals surface area contributed by atoms with E-state index in [0.29, 0.717) is 31.1 Å². The van der Waals surface area contributed by atoms with E-state index in [4.69, 9.17) is 4.74 Å². The quantitative estimate of drug-likeness (QED) is 0.929. The normalized spacial score (nSPS) is 13.5. The molecule has 1 aliphatic heterocycles. The highest BCUT2D eigenvalue weighted by molar-refractivity contribution is 5.89. The van der Waals surface area contributed by atoms with Crippen LogP contribution in [0.4, 0.5) is 16.3 Å². The zero-order chi connectivity index (χ0) is 17.1. The number of anilines is 2. The number of cyclic esters (lactones) is 1. The van der Waals surface area contributed by atoms with E-state index < -0.39 is 0 Å². The standard InChI is InChI=1S/C17H17N5O2/c1-11-12(2)20-21-16(15(11)9-18)19-10-13-4-3-5-14(8-13)22-6-7-24-17(22)23/h3-5,8H,6-7,10H2,1-2H3,(H,19,21). The Bertz CT molecular complexity index is 828. The first-order chi connectivity index (χ1) is 11.6. The highest BCUT2D eigenvalue weighted by atomic mass is 16.6. The molecule has 1 fully saturated rings. The monoisotopic (exact) mass is 323 g/mol. The molecule has 1 N–H and O–H groups in total. The molecule has 7 heteroatoms. The lowest BCUT2D eigenvalue weighted by Gasteiger charge is -2.14. The van der Waals surface area contributed by atoms with Crippen LogP contribution in [-0.2, 0) is 11.3 Å². The topological polar surface area (TPSA) is 91.1 Å². The fourth-order valence-corrected chi connectivity index (χ4v) is 2.52. The lowest BCUT2D eigenvalue weighted by atomic mass is 10.1. The van der Waals surface area contributed by atoms with E-state index in [9.17, 15) is 10.1 Å². The van der Waals surface area contributed by atoms with E-state index in [1.807, 2.05) is 38.1 Å². The number of nitriles is 1. The van der Waals surface area contributed by atoms with Gasteiger partial charge < -0.3 is 10.1 Å². The first kappa shape index (κ1) is 15.7. The third-order valence-electron chi connectivity index (χ3n) is 4.01. The molecule has 122 valence electrons. The van der Waals surface area contributed by atoms with Crippen LogP contribution in [-0.4, -0.2) is 29.4 Å². The number of carbonyl (C=O) groups is 1. The smallest absolute Gasteiger partial charge is 0.414 e. The molecule has 0 unspecified atom stereocenters. The lowest BCUT2D eigenvalue weighted by molar-refractivity contribution is 0.181. The van der Waals surface area contributed by atoms with E-state index >= 15 is 0 Å². The van der Waals surface area contributed by atoms with Gasteiger partial charge in [-0.05, 0) is 37.1 Å². The largest absolute Gasteiger partial charge is 0.447 e. The van der Waals surface area contributed by atoms with Gasteiger partial charge >= 0.3 is 6.09 Å². The van der Waals surface area contributed by atoms with Crippen LogP contribution in [0.2, 0.25) is 0 Å². The summed E-state index contributed by atoms with van der Waals surface area (Å²) in [6.45, 7) is 5.11. The van der Waals surface area contributed by atoms with Crippen molar-refractivity contribution >= 4 is 17.6 Å². The van der Waals surface area contributed by atoms with Gasteiger partial charge in [-0.25, -0.2) is 4.79 Å². The molecule has 0 atom stereocenters. The molecule has 7 nitrogen and oxygen atoms in total. The maximum Gasteiger partial charge on any atom is 0.414 e. The predicted molar refractivity (Wildman–Crippen MR) is 88.7 cm³/mol. The van der Waals surface area contributed by atoms with Gasteiger partial charge in [0.2, 0.25) is 0 Å². The van der Waals surface area contributed by atoms with Crippen molar-refractivity contribution in [3.8, 4) is 6.07 Å². The number of nitrogens with zero attached hydrogens (tertiary/aromatic N) is 4. The van der Waals surface area contributed by atoms with Gasteiger partial charge in [0.05, 0.1) is 12.2 Å². The molecule has 0 bridgehead atoms. The van der Waals surface area contributed by atoms with Crippen molar-refractivity contribution in [1.29, 1.82) is 5.26 Å². The number of ether oxygens (including phenoxy) is 1. The first-order valence-electron chi connectivity index (χ1n) is 7.61. The number of hydrogen-bond acceptors (Lipinski definition) is 6. The molecule has 0 radical (unpaired) electrons. The lowest BCUT2D eigenvalue weighted by Crippen LogP contribution is -2.23. The summed E-state index contributed by atoms with van der Waals surface area (Å²) in [6, 6.07) is 9.78. The van der Waals surface area contributed by atoms with Crippen molar-refractivity contribution in [2.75, 3.05) is 23.4 Å². The Morgan fingerprint density at radius 1 is 1.38 bits per heavy atom. The van der Waals surface area contributed by atoms with E-state index in [2.05, 4.69) is 21.6 Å². The minimum atomic E-state index is -0.327. The summed E-state index contributed by atoms with van der Waals surface area (Å²) in [5.74, 6) is 0.464. The Labute approximate surface area is 139 Å². The van der Waals surface area contributed by atoms with Crippen molar-refractivity contribution in [2.45, 2.75) is 20.4 Å². The Balaban J connectivity index is 1.77. The number of carbonyl (C=O) groups excluding carboxylic acids is 1. The maximum absolute atomic E-state index is 11.7. The fraction of sp³-hybridized carbons (Fsp3) is 0.294. The van der Waals surface area contributed by atoms with Crippen molar-refractivity contribution < 1.29 is 9.53 Å². The van der Waals surface area contributed by atoms with Crippen molar-refractivity contribution in [3.63, 3.8) is 0 Å². The maximum atomic E-state index is 11.7. The van der Waals surface area contributed by atoms with Crippen LogP contribution in [0.25, 0.3) is 0 Å². The van der Waals surface area contributed by atoms with Gasteiger partial charge in [0.15, 0.2) is 5.82 Å². The molecule has 2 aromatic rings. The van der Waals surface area contributed by atoms with Gasteiger partial charge in [-0.1, -0.05) is 12.1 Å². The number of amides is 1.